The summed E-state index contributed by atoms with van der Waals surface area (Å²) in [5, 5.41) is 9.74. The lowest BCUT2D eigenvalue weighted by Gasteiger charge is -2.31. The van der Waals surface area contributed by atoms with Crippen LogP contribution in [0.3, 0.4) is 0 Å². The summed E-state index contributed by atoms with van der Waals surface area (Å²) in [4.78, 5) is 0. The van der Waals surface area contributed by atoms with Gasteiger partial charge in [-0.2, -0.15) is 5.26 Å². The Balaban J connectivity index is 1.87. The molecule has 0 aliphatic carbocycles. The second kappa shape index (κ2) is 6.30. The van der Waals surface area contributed by atoms with Crippen molar-refractivity contribution in [3.63, 3.8) is 0 Å². The fraction of sp³-hybridized carbons (Fsp3) is 0.0870. The van der Waals surface area contributed by atoms with Crippen molar-refractivity contribution in [2.24, 2.45) is 0 Å². The highest BCUT2D eigenvalue weighted by atomic mass is 16.5. The lowest BCUT2D eigenvalue weighted by molar-refractivity contribution is 0.101. The molecule has 4 rings (SSSR count). The van der Waals surface area contributed by atoms with E-state index in [-0.39, 0.29) is 0 Å². The summed E-state index contributed by atoms with van der Waals surface area (Å²) in [6.07, 6.45) is 0.530. The summed E-state index contributed by atoms with van der Waals surface area (Å²) < 4.78 is 6.57. The van der Waals surface area contributed by atoms with E-state index in [9.17, 15) is 5.26 Å². The van der Waals surface area contributed by atoms with E-state index in [0.717, 1.165) is 16.7 Å². The normalized spacial score (nSPS) is 15.5. The van der Waals surface area contributed by atoms with Crippen molar-refractivity contribution in [1.29, 1.82) is 5.26 Å². The molecular weight excluding hydrogens is 306 g/mol. The summed E-state index contributed by atoms with van der Waals surface area (Å²) in [7, 11) is 0. The molecule has 0 aromatic heterocycles. The third kappa shape index (κ3) is 2.60. The van der Waals surface area contributed by atoms with Gasteiger partial charge in [0.15, 0.2) is 5.60 Å². The zero-order valence-corrected chi connectivity index (χ0v) is 13.7. The Morgan fingerprint density at radius 2 is 1.20 bits per heavy atom. The minimum Gasteiger partial charge on any atom is -0.476 e. The van der Waals surface area contributed by atoms with Gasteiger partial charge in [-0.1, -0.05) is 91.0 Å². The fourth-order valence-corrected chi connectivity index (χ4v) is 3.42. The Morgan fingerprint density at radius 1 is 0.720 bits per heavy atom. The van der Waals surface area contributed by atoms with Crippen LogP contribution in [-0.2, 0) is 10.3 Å². The summed E-state index contributed by atoms with van der Waals surface area (Å²) in [6, 6.07) is 32.5. The van der Waals surface area contributed by atoms with Gasteiger partial charge in [0, 0.05) is 23.1 Å². The van der Waals surface area contributed by atoms with Crippen molar-refractivity contribution in [1.82, 2.24) is 0 Å². The number of rotatable bonds is 3. The molecule has 0 atom stereocenters. The van der Waals surface area contributed by atoms with E-state index >= 15 is 0 Å². The molecular formula is C23H17NO. The molecule has 120 valence electrons. The van der Waals surface area contributed by atoms with Crippen molar-refractivity contribution >= 4 is 5.76 Å². The third-order valence-electron chi connectivity index (χ3n) is 4.63. The molecule has 0 bridgehead atoms. The largest absolute Gasteiger partial charge is 0.476 e. The van der Waals surface area contributed by atoms with Crippen molar-refractivity contribution in [2.45, 2.75) is 12.0 Å². The molecule has 1 heterocycles. The lowest BCUT2D eigenvalue weighted by atomic mass is 9.82. The lowest BCUT2D eigenvalue weighted by Crippen LogP contribution is -2.27. The standard InChI is InChI=1S/C23H17NO/c24-17-19-16-23(20-12-6-2-7-13-20,21-14-8-3-9-15-21)25-22(19)18-10-4-1-5-11-18/h1-15H,16H2. The monoisotopic (exact) mass is 323 g/mol. The highest BCUT2D eigenvalue weighted by molar-refractivity contribution is 5.71. The summed E-state index contributed by atoms with van der Waals surface area (Å²) in [6.45, 7) is 0. The van der Waals surface area contributed by atoms with Crippen LogP contribution in [0.5, 0.6) is 0 Å². The van der Waals surface area contributed by atoms with Gasteiger partial charge in [-0.3, -0.25) is 0 Å². The van der Waals surface area contributed by atoms with Gasteiger partial charge in [-0.25, -0.2) is 0 Å². The first kappa shape index (κ1) is 15.2. The van der Waals surface area contributed by atoms with Gasteiger partial charge >= 0.3 is 0 Å². The van der Waals surface area contributed by atoms with Crippen molar-refractivity contribution in [2.75, 3.05) is 0 Å². The molecule has 0 unspecified atom stereocenters. The van der Waals surface area contributed by atoms with E-state index in [0.29, 0.717) is 17.8 Å². The van der Waals surface area contributed by atoms with Crippen LogP contribution in [-0.4, -0.2) is 0 Å². The van der Waals surface area contributed by atoms with Gasteiger partial charge in [0.2, 0.25) is 0 Å². The van der Waals surface area contributed by atoms with E-state index in [2.05, 4.69) is 30.3 Å². The maximum Gasteiger partial charge on any atom is 0.164 e. The summed E-state index contributed by atoms with van der Waals surface area (Å²) in [5.74, 6) is 0.677. The number of hydrogen-bond acceptors (Lipinski definition) is 2. The number of nitriles is 1. The molecule has 0 radical (unpaired) electrons. The first-order chi connectivity index (χ1) is 12.3. The van der Waals surface area contributed by atoms with Crippen molar-refractivity contribution in [3.8, 4) is 6.07 Å². The molecule has 3 aromatic carbocycles. The van der Waals surface area contributed by atoms with E-state index < -0.39 is 5.60 Å². The first-order valence-electron chi connectivity index (χ1n) is 8.32. The molecule has 0 amide bonds. The molecule has 3 aromatic rings. The molecule has 0 spiro atoms. The number of ether oxygens (including phenoxy) is 1. The van der Waals surface area contributed by atoms with Crippen LogP contribution in [0.1, 0.15) is 23.1 Å². The van der Waals surface area contributed by atoms with Gasteiger partial charge in [0.05, 0.1) is 11.6 Å². The number of nitrogens with zero attached hydrogens (tertiary/aromatic N) is 1. The average molecular weight is 323 g/mol. The van der Waals surface area contributed by atoms with Crippen LogP contribution in [0, 0.1) is 11.3 Å². The molecule has 2 nitrogen and oxygen atoms in total. The quantitative estimate of drug-likeness (QED) is 0.656. The van der Waals surface area contributed by atoms with Crippen LogP contribution in [0.4, 0.5) is 0 Å². The molecule has 2 heteroatoms. The Morgan fingerprint density at radius 3 is 1.68 bits per heavy atom. The molecule has 0 saturated carbocycles. The molecule has 0 fully saturated rings. The SMILES string of the molecule is N#CC1=C(c2ccccc2)OC(c2ccccc2)(c2ccccc2)C1. The van der Waals surface area contributed by atoms with Crippen LogP contribution < -0.4 is 0 Å². The van der Waals surface area contributed by atoms with Gasteiger partial charge < -0.3 is 4.74 Å². The van der Waals surface area contributed by atoms with Gasteiger partial charge in [-0.15, -0.1) is 0 Å². The third-order valence-corrected chi connectivity index (χ3v) is 4.63. The van der Waals surface area contributed by atoms with E-state index in [1.54, 1.807) is 0 Å². The highest BCUT2D eigenvalue weighted by Gasteiger charge is 2.44. The van der Waals surface area contributed by atoms with E-state index in [1.807, 2.05) is 66.7 Å². The molecule has 1 aliphatic heterocycles. The summed E-state index contributed by atoms with van der Waals surface area (Å²) >= 11 is 0. The maximum absolute atomic E-state index is 9.74. The molecule has 25 heavy (non-hydrogen) atoms. The van der Waals surface area contributed by atoms with Crippen LogP contribution in [0.15, 0.2) is 96.6 Å². The van der Waals surface area contributed by atoms with Crippen LogP contribution in [0.25, 0.3) is 5.76 Å². The first-order valence-corrected chi connectivity index (χ1v) is 8.32. The van der Waals surface area contributed by atoms with Crippen molar-refractivity contribution < 1.29 is 4.74 Å². The number of benzene rings is 3. The highest BCUT2D eigenvalue weighted by Crippen LogP contribution is 2.49. The van der Waals surface area contributed by atoms with Gasteiger partial charge in [0.25, 0.3) is 0 Å². The number of hydrogen-bond donors (Lipinski definition) is 0. The Bertz CT molecular complexity index is 898. The van der Waals surface area contributed by atoms with Crippen LogP contribution >= 0.6 is 0 Å². The van der Waals surface area contributed by atoms with Crippen molar-refractivity contribution in [3.05, 3.63) is 113 Å². The zero-order valence-electron chi connectivity index (χ0n) is 13.7. The summed E-state index contributed by atoms with van der Waals surface area (Å²) in [5.41, 5.74) is 3.06. The molecule has 0 N–H and O–H groups in total. The predicted octanol–water partition coefficient (Wildman–Crippen LogP) is 5.29. The molecule has 0 saturated heterocycles. The smallest absolute Gasteiger partial charge is 0.164 e. The fourth-order valence-electron chi connectivity index (χ4n) is 3.42. The maximum atomic E-state index is 9.74. The topological polar surface area (TPSA) is 33.0 Å². The Kier molecular flexibility index (Phi) is 3.84. The van der Waals surface area contributed by atoms with Crippen LogP contribution in [0.2, 0.25) is 0 Å². The molecule has 1 aliphatic rings. The zero-order chi connectivity index (χ0) is 17.1. The second-order valence-electron chi connectivity index (χ2n) is 6.12. The van der Waals surface area contributed by atoms with E-state index in [1.165, 1.54) is 0 Å². The van der Waals surface area contributed by atoms with E-state index in [4.69, 9.17) is 4.74 Å². The Labute approximate surface area is 147 Å². The Hall–Kier alpha value is -3.31. The predicted molar refractivity (Wildman–Crippen MR) is 98.3 cm³/mol. The second-order valence-corrected chi connectivity index (χ2v) is 6.12. The minimum atomic E-state index is -0.668. The van der Waals surface area contributed by atoms with Gasteiger partial charge in [0.1, 0.15) is 5.76 Å². The average Bonchev–Trinajstić information content (AvgIpc) is 3.11. The minimum absolute atomic E-state index is 0.530. The van der Waals surface area contributed by atoms with Gasteiger partial charge in [-0.05, 0) is 0 Å².